The second-order valence-electron chi connectivity index (χ2n) is 6.26. The lowest BCUT2D eigenvalue weighted by molar-refractivity contribution is -0.114. The number of anilines is 2. The molecule has 0 fully saturated rings. The highest BCUT2D eigenvalue weighted by molar-refractivity contribution is 5.92. The quantitative estimate of drug-likeness (QED) is 0.529. The third-order valence-corrected chi connectivity index (χ3v) is 3.90. The van der Waals surface area contributed by atoms with Gasteiger partial charge >= 0.3 is 5.95 Å². The number of unbranched alkanes of at least 4 members (excludes halogenated alkanes) is 1. The first-order chi connectivity index (χ1) is 13.4. The number of aromatic nitrogens is 2. The van der Waals surface area contributed by atoms with Crippen molar-refractivity contribution in [3.8, 4) is 0 Å². The van der Waals surface area contributed by atoms with Crippen LogP contribution in [0.4, 0.5) is 34.6 Å². The summed E-state index contributed by atoms with van der Waals surface area (Å²) in [6, 6.07) is 5.40. The second kappa shape index (κ2) is 9.28. The lowest BCUT2D eigenvalue weighted by Gasteiger charge is -2.14. The van der Waals surface area contributed by atoms with Gasteiger partial charge in [0.2, 0.25) is 5.91 Å². The molecule has 0 spiro atoms. The number of amides is 1. The predicted octanol–water partition coefficient (Wildman–Crippen LogP) is 5.22. The molecule has 0 bridgehead atoms. The number of hydrogen-bond acceptors (Lipinski definition) is 5. The average molecular weight is 378 g/mol. The molecule has 9 nitrogen and oxygen atoms in total. The number of benzene rings is 1. The summed E-state index contributed by atoms with van der Waals surface area (Å²) in [7, 11) is 3.80. The maximum absolute atomic E-state index is 11.5. The Hall–Kier alpha value is -3.72. The Kier molecular flexibility index (Phi) is 6.83. The van der Waals surface area contributed by atoms with Crippen molar-refractivity contribution in [2.24, 2.45) is 10.2 Å². The Morgan fingerprint density at radius 3 is 2.61 bits per heavy atom. The Balaban J connectivity index is 2.48. The standard InChI is InChI=1S/C19H22N8O/c1-7-8-11-27-18(21-4)17(20-3)23-19(27)25-24-15-10-9-14(26(5)6)12-16(15)22-13(2)28/h9-10,12H,7-8,11H2,1-2,5-6H3,(H,22,28). The minimum atomic E-state index is -0.220. The third-order valence-electron chi connectivity index (χ3n) is 3.90. The summed E-state index contributed by atoms with van der Waals surface area (Å²) in [5, 5.41) is 11.1. The van der Waals surface area contributed by atoms with Crippen LogP contribution >= 0.6 is 0 Å². The van der Waals surface area contributed by atoms with E-state index in [1.165, 1.54) is 6.92 Å². The van der Waals surface area contributed by atoms with E-state index >= 15 is 0 Å². The van der Waals surface area contributed by atoms with Gasteiger partial charge in [0.15, 0.2) is 0 Å². The van der Waals surface area contributed by atoms with Crippen molar-refractivity contribution >= 4 is 40.6 Å². The van der Waals surface area contributed by atoms with Crippen LogP contribution in [0.25, 0.3) is 9.69 Å². The summed E-state index contributed by atoms with van der Waals surface area (Å²) < 4.78 is 1.61. The number of azo groups is 1. The molecule has 144 valence electrons. The summed E-state index contributed by atoms with van der Waals surface area (Å²) in [6.07, 6.45) is 1.76. The van der Waals surface area contributed by atoms with Gasteiger partial charge in [0.25, 0.3) is 11.6 Å². The van der Waals surface area contributed by atoms with Gasteiger partial charge in [-0.3, -0.25) is 4.79 Å². The molecular weight excluding hydrogens is 356 g/mol. The van der Waals surface area contributed by atoms with Crippen molar-refractivity contribution in [3.63, 3.8) is 0 Å². The molecule has 2 aromatic rings. The van der Waals surface area contributed by atoms with Crippen LogP contribution in [-0.4, -0.2) is 29.6 Å². The van der Waals surface area contributed by atoms with Gasteiger partial charge in [-0.15, -0.1) is 5.11 Å². The molecule has 0 saturated carbocycles. The fraction of sp³-hybridized carbons (Fsp3) is 0.368. The molecular formula is C19H22N8O. The van der Waals surface area contributed by atoms with Crippen LogP contribution in [0, 0.1) is 13.1 Å². The number of carbonyl (C=O) groups is 1. The first-order valence-electron chi connectivity index (χ1n) is 8.77. The van der Waals surface area contributed by atoms with Gasteiger partial charge in [-0.25, -0.2) is 4.57 Å². The fourth-order valence-corrected chi connectivity index (χ4v) is 2.48. The van der Waals surface area contributed by atoms with Gasteiger partial charge in [0, 0.05) is 26.7 Å². The second-order valence-corrected chi connectivity index (χ2v) is 6.26. The number of imidazole rings is 1. The molecule has 0 aliphatic rings. The first-order valence-corrected chi connectivity index (χ1v) is 8.77. The number of nitrogens with zero attached hydrogens (tertiary/aromatic N) is 7. The zero-order valence-corrected chi connectivity index (χ0v) is 16.4. The number of rotatable bonds is 7. The lowest BCUT2D eigenvalue weighted by atomic mass is 10.2. The Morgan fingerprint density at radius 2 is 2.04 bits per heavy atom. The highest BCUT2D eigenvalue weighted by Gasteiger charge is 2.22. The SMILES string of the molecule is [C-]#[N+]c1nc(N=Nc2ccc(N(C)C)cc2NC(C)=O)n(CCCC)c1[N+]#[C-]. The minimum Gasteiger partial charge on any atom is -0.378 e. The zero-order valence-electron chi connectivity index (χ0n) is 16.4. The number of carbonyl (C=O) groups excluding carboxylic acids is 1. The van der Waals surface area contributed by atoms with E-state index in [1.54, 1.807) is 16.7 Å². The molecule has 1 N–H and O–H groups in total. The van der Waals surface area contributed by atoms with E-state index in [0.29, 0.717) is 17.9 Å². The smallest absolute Gasteiger partial charge is 0.378 e. The summed E-state index contributed by atoms with van der Waals surface area (Å²) in [4.78, 5) is 24.3. The molecule has 0 atom stereocenters. The van der Waals surface area contributed by atoms with E-state index in [2.05, 4.69) is 30.2 Å². The monoisotopic (exact) mass is 378 g/mol. The van der Waals surface area contributed by atoms with E-state index in [4.69, 9.17) is 13.1 Å². The van der Waals surface area contributed by atoms with E-state index < -0.39 is 0 Å². The van der Waals surface area contributed by atoms with Crippen molar-refractivity contribution in [2.45, 2.75) is 33.2 Å². The number of hydrogen-bond donors (Lipinski definition) is 1. The summed E-state index contributed by atoms with van der Waals surface area (Å²) in [5.74, 6) is 0.172. The lowest BCUT2D eigenvalue weighted by Crippen LogP contribution is -2.10. The highest BCUT2D eigenvalue weighted by atomic mass is 16.1. The van der Waals surface area contributed by atoms with E-state index in [-0.39, 0.29) is 23.5 Å². The van der Waals surface area contributed by atoms with Crippen LogP contribution < -0.4 is 10.2 Å². The molecule has 1 aromatic heterocycles. The van der Waals surface area contributed by atoms with Crippen LogP contribution in [-0.2, 0) is 11.3 Å². The first kappa shape index (κ1) is 20.6. The fourth-order valence-electron chi connectivity index (χ4n) is 2.48. The molecule has 1 amide bonds. The summed E-state index contributed by atoms with van der Waals surface area (Å²) in [5.41, 5.74) is 1.88. The molecule has 0 aliphatic carbocycles. The largest absolute Gasteiger partial charge is 0.416 e. The van der Waals surface area contributed by atoms with Crippen LogP contribution in [0.3, 0.4) is 0 Å². The molecule has 0 radical (unpaired) electrons. The Bertz CT molecular complexity index is 975. The van der Waals surface area contributed by atoms with Gasteiger partial charge in [0.05, 0.1) is 12.2 Å². The van der Waals surface area contributed by atoms with Gasteiger partial charge in [0.1, 0.15) is 5.69 Å². The van der Waals surface area contributed by atoms with Crippen LogP contribution in [0.1, 0.15) is 26.7 Å². The highest BCUT2D eigenvalue weighted by Crippen LogP contribution is 2.35. The van der Waals surface area contributed by atoms with Crippen LogP contribution in [0.15, 0.2) is 28.4 Å². The van der Waals surface area contributed by atoms with Crippen molar-refractivity contribution in [2.75, 3.05) is 24.3 Å². The van der Waals surface area contributed by atoms with Gasteiger partial charge < -0.3 is 19.9 Å². The topological polar surface area (TPSA) is 83.6 Å². The third kappa shape index (κ3) is 4.71. The van der Waals surface area contributed by atoms with E-state index in [1.807, 2.05) is 32.0 Å². The Labute approximate surface area is 164 Å². The molecule has 0 saturated heterocycles. The van der Waals surface area contributed by atoms with E-state index in [0.717, 1.165) is 18.5 Å². The average Bonchev–Trinajstić information content (AvgIpc) is 3.01. The number of nitrogens with one attached hydrogen (secondary N) is 1. The van der Waals surface area contributed by atoms with Gasteiger partial charge in [-0.05, 0) is 24.6 Å². The molecule has 1 heterocycles. The summed E-state index contributed by atoms with van der Waals surface area (Å²) >= 11 is 0. The van der Waals surface area contributed by atoms with Crippen LogP contribution in [0.5, 0.6) is 0 Å². The van der Waals surface area contributed by atoms with Gasteiger partial charge in [-0.1, -0.05) is 36.6 Å². The maximum Gasteiger partial charge on any atom is 0.416 e. The maximum atomic E-state index is 11.5. The molecule has 9 heteroatoms. The molecule has 2 rings (SSSR count). The van der Waals surface area contributed by atoms with Crippen molar-refractivity contribution in [1.29, 1.82) is 0 Å². The van der Waals surface area contributed by atoms with Crippen LogP contribution in [0.2, 0.25) is 0 Å². The molecule has 28 heavy (non-hydrogen) atoms. The normalized spacial score (nSPS) is 10.5. The minimum absolute atomic E-state index is 0.0186. The zero-order chi connectivity index (χ0) is 20.7. The molecule has 0 unspecified atom stereocenters. The molecule has 0 aliphatic heterocycles. The van der Waals surface area contributed by atoms with Crippen molar-refractivity contribution in [1.82, 2.24) is 9.55 Å². The Morgan fingerprint density at radius 1 is 1.29 bits per heavy atom. The summed E-state index contributed by atoms with van der Waals surface area (Å²) in [6.45, 7) is 18.6. The van der Waals surface area contributed by atoms with Crippen molar-refractivity contribution in [3.05, 3.63) is 41.0 Å². The van der Waals surface area contributed by atoms with Crippen molar-refractivity contribution < 1.29 is 4.79 Å². The van der Waals surface area contributed by atoms with Gasteiger partial charge in [-0.2, -0.15) is 0 Å². The molecule has 1 aromatic carbocycles. The van der Waals surface area contributed by atoms with E-state index in [9.17, 15) is 4.79 Å². The predicted molar refractivity (Wildman–Crippen MR) is 109 cm³/mol.